The second-order valence-corrected chi connectivity index (χ2v) is 9.32. The molecule has 36 heavy (non-hydrogen) atoms. The minimum atomic E-state index is -0.576. The van der Waals surface area contributed by atoms with Crippen molar-refractivity contribution in [2.45, 2.75) is 32.7 Å². The highest BCUT2D eigenvalue weighted by molar-refractivity contribution is 5.96. The molecule has 4 rings (SSSR count). The SMILES string of the molecule is Cc1ccc(CN(CCc2ccccc2)C(=O)CN(CCN2CCCC2)C(=O)c2ccccc2F)o1. The van der Waals surface area contributed by atoms with E-state index in [0.29, 0.717) is 38.4 Å². The van der Waals surface area contributed by atoms with Crippen LogP contribution in [0.1, 0.15) is 40.3 Å². The molecule has 1 aliphatic heterocycles. The van der Waals surface area contributed by atoms with Crippen LogP contribution in [0.15, 0.2) is 71.1 Å². The zero-order valence-corrected chi connectivity index (χ0v) is 20.9. The molecule has 0 N–H and O–H groups in total. The summed E-state index contributed by atoms with van der Waals surface area (Å²) in [4.78, 5) is 32.4. The highest BCUT2D eigenvalue weighted by Crippen LogP contribution is 2.15. The number of furan rings is 1. The van der Waals surface area contributed by atoms with Gasteiger partial charge in [-0.25, -0.2) is 4.39 Å². The van der Waals surface area contributed by atoms with Crippen LogP contribution in [0.5, 0.6) is 0 Å². The van der Waals surface area contributed by atoms with E-state index in [1.54, 1.807) is 17.0 Å². The van der Waals surface area contributed by atoms with E-state index in [1.807, 2.05) is 49.4 Å². The standard InChI is InChI=1S/C29H34FN3O3/c1-23-13-14-25(36-23)21-32(18-15-24-9-3-2-4-10-24)28(34)22-33(20-19-31-16-7-8-17-31)29(35)26-11-5-6-12-27(26)30/h2-6,9-14H,7-8,15-22H2,1H3. The van der Waals surface area contributed by atoms with Gasteiger partial charge in [-0.1, -0.05) is 42.5 Å². The third-order valence-electron chi connectivity index (χ3n) is 6.61. The van der Waals surface area contributed by atoms with E-state index in [-0.39, 0.29) is 18.0 Å². The summed E-state index contributed by atoms with van der Waals surface area (Å²) in [6.45, 7) is 5.54. The van der Waals surface area contributed by atoms with Gasteiger partial charge < -0.3 is 19.1 Å². The number of aryl methyl sites for hydroxylation is 1. The Bertz CT molecular complexity index is 1140. The highest BCUT2D eigenvalue weighted by atomic mass is 19.1. The first-order valence-electron chi connectivity index (χ1n) is 12.6. The van der Waals surface area contributed by atoms with Gasteiger partial charge in [0.2, 0.25) is 5.91 Å². The maximum atomic E-state index is 14.5. The molecule has 2 amide bonds. The number of rotatable bonds is 11. The van der Waals surface area contributed by atoms with Gasteiger partial charge in [0.15, 0.2) is 0 Å². The molecule has 1 fully saturated rings. The molecule has 6 nitrogen and oxygen atoms in total. The lowest BCUT2D eigenvalue weighted by Crippen LogP contribution is -2.46. The van der Waals surface area contributed by atoms with E-state index in [2.05, 4.69) is 4.90 Å². The number of carbonyl (C=O) groups is 2. The summed E-state index contributed by atoms with van der Waals surface area (Å²) in [6.07, 6.45) is 2.95. The Morgan fingerprint density at radius 3 is 2.33 bits per heavy atom. The van der Waals surface area contributed by atoms with Crippen LogP contribution in [0.2, 0.25) is 0 Å². The normalized spacial score (nSPS) is 13.6. The van der Waals surface area contributed by atoms with Crippen molar-refractivity contribution in [3.63, 3.8) is 0 Å². The quantitative estimate of drug-likeness (QED) is 0.395. The smallest absolute Gasteiger partial charge is 0.257 e. The molecule has 2 heterocycles. The van der Waals surface area contributed by atoms with Crippen molar-refractivity contribution in [3.8, 4) is 0 Å². The van der Waals surface area contributed by atoms with Crippen molar-refractivity contribution in [2.24, 2.45) is 0 Å². The van der Waals surface area contributed by atoms with Gasteiger partial charge in [-0.3, -0.25) is 9.59 Å². The molecule has 3 aromatic rings. The number of carbonyl (C=O) groups excluding carboxylic acids is 2. The van der Waals surface area contributed by atoms with Crippen molar-refractivity contribution in [1.29, 1.82) is 0 Å². The number of nitrogens with zero attached hydrogens (tertiary/aromatic N) is 3. The minimum Gasteiger partial charge on any atom is -0.464 e. The van der Waals surface area contributed by atoms with Gasteiger partial charge >= 0.3 is 0 Å². The number of benzene rings is 2. The summed E-state index contributed by atoms with van der Waals surface area (Å²) < 4.78 is 20.2. The zero-order chi connectivity index (χ0) is 25.3. The number of hydrogen-bond acceptors (Lipinski definition) is 4. The second kappa shape index (κ2) is 12.5. The van der Waals surface area contributed by atoms with Gasteiger partial charge in [-0.05, 0) is 69.1 Å². The number of amides is 2. The van der Waals surface area contributed by atoms with Gasteiger partial charge in [-0.2, -0.15) is 0 Å². The lowest BCUT2D eigenvalue weighted by molar-refractivity contribution is -0.132. The average molecular weight is 492 g/mol. The van der Waals surface area contributed by atoms with E-state index >= 15 is 0 Å². The molecule has 0 spiro atoms. The minimum absolute atomic E-state index is 0.00998. The number of hydrogen-bond donors (Lipinski definition) is 0. The molecular formula is C29H34FN3O3. The molecule has 0 aliphatic carbocycles. The Labute approximate surface area is 212 Å². The molecule has 1 aliphatic rings. The summed E-state index contributed by atoms with van der Waals surface area (Å²) in [5.41, 5.74) is 1.11. The van der Waals surface area contributed by atoms with Crippen LogP contribution in [0.4, 0.5) is 4.39 Å². The fourth-order valence-corrected chi connectivity index (χ4v) is 4.55. The zero-order valence-electron chi connectivity index (χ0n) is 20.9. The molecule has 7 heteroatoms. The average Bonchev–Trinajstić information content (AvgIpc) is 3.56. The molecular weight excluding hydrogens is 457 g/mol. The lowest BCUT2D eigenvalue weighted by atomic mass is 10.1. The topological polar surface area (TPSA) is 57.0 Å². The third kappa shape index (κ3) is 7.04. The Kier molecular flexibility index (Phi) is 8.90. The molecule has 0 bridgehead atoms. The largest absolute Gasteiger partial charge is 0.464 e. The second-order valence-electron chi connectivity index (χ2n) is 9.32. The first kappa shape index (κ1) is 25.6. The van der Waals surface area contributed by atoms with Crippen LogP contribution >= 0.6 is 0 Å². The van der Waals surface area contributed by atoms with E-state index in [0.717, 1.165) is 37.3 Å². The lowest BCUT2D eigenvalue weighted by Gasteiger charge is -2.29. The molecule has 0 radical (unpaired) electrons. The fourth-order valence-electron chi connectivity index (χ4n) is 4.55. The maximum Gasteiger partial charge on any atom is 0.257 e. The molecule has 190 valence electrons. The summed E-state index contributed by atoms with van der Waals surface area (Å²) in [7, 11) is 0. The monoisotopic (exact) mass is 491 g/mol. The molecule has 0 unspecified atom stereocenters. The predicted molar refractivity (Wildman–Crippen MR) is 137 cm³/mol. The van der Waals surface area contributed by atoms with Gasteiger partial charge in [-0.15, -0.1) is 0 Å². The Balaban J connectivity index is 1.50. The first-order chi connectivity index (χ1) is 17.5. The summed E-state index contributed by atoms with van der Waals surface area (Å²) in [5, 5.41) is 0. The van der Waals surface area contributed by atoms with Crippen LogP contribution < -0.4 is 0 Å². The third-order valence-corrected chi connectivity index (χ3v) is 6.61. The van der Waals surface area contributed by atoms with E-state index in [1.165, 1.54) is 17.0 Å². The van der Waals surface area contributed by atoms with Crippen molar-refractivity contribution >= 4 is 11.8 Å². The molecule has 2 aromatic carbocycles. The van der Waals surface area contributed by atoms with E-state index in [9.17, 15) is 14.0 Å². The predicted octanol–water partition coefficient (Wildman–Crippen LogP) is 4.54. The van der Waals surface area contributed by atoms with Gasteiger partial charge in [0.25, 0.3) is 5.91 Å². The van der Waals surface area contributed by atoms with Crippen molar-refractivity contribution < 1.29 is 18.4 Å². The first-order valence-corrected chi connectivity index (χ1v) is 12.6. The van der Waals surface area contributed by atoms with Gasteiger partial charge in [0.1, 0.15) is 23.9 Å². The Hall–Kier alpha value is -3.45. The van der Waals surface area contributed by atoms with E-state index < -0.39 is 11.7 Å². The van der Waals surface area contributed by atoms with Crippen LogP contribution in [0.25, 0.3) is 0 Å². The number of likely N-dealkylation sites (tertiary alicyclic amines) is 1. The maximum absolute atomic E-state index is 14.5. The van der Waals surface area contributed by atoms with Crippen LogP contribution in [-0.2, 0) is 17.8 Å². The molecule has 1 aromatic heterocycles. The van der Waals surface area contributed by atoms with Crippen LogP contribution in [0.3, 0.4) is 0 Å². The summed E-state index contributed by atoms with van der Waals surface area (Å²) in [5.74, 6) is 0.247. The van der Waals surface area contributed by atoms with Crippen molar-refractivity contribution in [3.05, 3.63) is 95.2 Å². The van der Waals surface area contributed by atoms with Crippen molar-refractivity contribution in [1.82, 2.24) is 14.7 Å². The Morgan fingerprint density at radius 1 is 0.917 bits per heavy atom. The molecule has 0 saturated carbocycles. The fraction of sp³-hybridized carbons (Fsp3) is 0.379. The van der Waals surface area contributed by atoms with Crippen LogP contribution in [0, 0.1) is 12.7 Å². The van der Waals surface area contributed by atoms with Gasteiger partial charge in [0.05, 0.1) is 12.1 Å². The Morgan fingerprint density at radius 2 is 1.64 bits per heavy atom. The molecule has 0 atom stereocenters. The number of halogens is 1. The van der Waals surface area contributed by atoms with Crippen molar-refractivity contribution in [2.75, 3.05) is 39.3 Å². The summed E-state index contributed by atoms with van der Waals surface area (Å²) in [6, 6.07) is 19.7. The summed E-state index contributed by atoms with van der Waals surface area (Å²) >= 11 is 0. The van der Waals surface area contributed by atoms with Crippen LogP contribution in [-0.4, -0.2) is 65.8 Å². The van der Waals surface area contributed by atoms with Gasteiger partial charge in [0, 0.05) is 19.6 Å². The highest BCUT2D eigenvalue weighted by Gasteiger charge is 2.25. The molecule has 1 saturated heterocycles. The van der Waals surface area contributed by atoms with E-state index in [4.69, 9.17) is 4.42 Å².